The summed E-state index contributed by atoms with van der Waals surface area (Å²) >= 11 is 0. The normalized spacial score (nSPS) is 16.5. The number of nitro benzene ring substituents is 1. The average Bonchev–Trinajstić information content (AvgIpc) is 3.09. The van der Waals surface area contributed by atoms with Crippen molar-refractivity contribution in [2.24, 2.45) is 0 Å². The van der Waals surface area contributed by atoms with Crippen LogP contribution in [0.3, 0.4) is 0 Å². The highest BCUT2D eigenvalue weighted by Crippen LogP contribution is 2.27. The second-order valence-corrected chi connectivity index (χ2v) is 5.73. The summed E-state index contributed by atoms with van der Waals surface area (Å²) in [5, 5.41) is 11.0. The van der Waals surface area contributed by atoms with Gasteiger partial charge in [0.2, 0.25) is 0 Å². The number of para-hydroxylation sites is 1. The molecule has 130 valence electrons. The molecule has 25 heavy (non-hydrogen) atoms. The summed E-state index contributed by atoms with van der Waals surface area (Å²) in [6, 6.07) is 13.4. The molecule has 0 aromatic heterocycles. The van der Waals surface area contributed by atoms with Gasteiger partial charge in [-0.15, -0.1) is 0 Å². The Kier molecular flexibility index (Phi) is 4.83. The average molecular weight is 342 g/mol. The van der Waals surface area contributed by atoms with Crippen LogP contribution in [0.2, 0.25) is 0 Å². The molecular weight excluding hydrogens is 324 g/mol. The molecular formula is C18H18N2O5. The van der Waals surface area contributed by atoms with Crippen LogP contribution < -0.4 is 9.47 Å². The fourth-order valence-electron chi connectivity index (χ4n) is 2.85. The van der Waals surface area contributed by atoms with Crippen LogP contribution in [0.1, 0.15) is 16.8 Å². The van der Waals surface area contributed by atoms with Crippen molar-refractivity contribution >= 4 is 11.6 Å². The summed E-state index contributed by atoms with van der Waals surface area (Å²) in [6.45, 7) is 0.960. The van der Waals surface area contributed by atoms with Crippen molar-refractivity contribution in [1.82, 2.24) is 4.90 Å². The molecule has 1 aliphatic heterocycles. The molecule has 1 atom stereocenters. The number of nitrogens with zero attached hydrogens (tertiary/aromatic N) is 2. The van der Waals surface area contributed by atoms with Gasteiger partial charge in [0.25, 0.3) is 11.6 Å². The van der Waals surface area contributed by atoms with Crippen LogP contribution in [0.15, 0.2) is 48.5 Å². The Hall–Kier alpha value is -3.09. The number of carbonyl (C=O) groups is 1. The van der Waals surface area contributed by atoms with Gasteiger partial charge in [0, 0.05) is 25.1 Å². The maximum absolute atomic E-state index is 12.8. The molecule has 0 N–H and O–H groups in total. The van der Waals surface area contributed by atoms with Crippen LogP contribution in [0.4, 0.5) is 5.69 Å². The molecule has 0 bridgehead atoms. The molecule has 0 saturated carbocycles. The van der Waals surface area contributed by atoms with Crippen molar-refractivity contribution in [1.29, 1.82) is 0 Å². The topological polar surface area (TPSA) is 81.9 Å². The largest absolute Gasteiger partial charge is 0.496 e. The van der Waals surface area contributed by atoms with E-state index in [-0.39, 0.29) is 23.3 Å². The van der Waals surface area contributed by atoms with E-state index in [2.05, 4.69) is 0 Å². The SMILES string of the molecule is COc1ccc([N+](=O)[O-])cc1C(=O)N1CCC(Oc2ccccc2)C1. The summed E-state index contributed by atoms with van der Waals surface area (Å²) in [5.41, 5.74) is 0.0532. The van der Waals surface area contributed by atoms with Gasteiger partial charge in [0.05, 0.1) is 24.1 Å². The molecule has 1 saturated heterocycles. The molecule has 2 aromatic rings. The molecule has 1 fully saturated rings. The van der Waals surface area contributed by atoms with Crippen LogP contribution in [0.25, 0.3) is 0 Å². The van der Waals surface area contributed by atoms with Crippen molar-refractivity contribution in [3.8, 4) is 11.5 Å². The van der Waals surface area contributed by atoms with E-state index in [1.54, 1.807) is 4.90 Å². The summed E-state index contributed by atoms with van der Waals surface area (Å²) in [5.74, 6) is 0.789. The predicted octanol–water partition coefficient (Wildman–Crippen LogP) is 2.90. The highest BCUT2D eigenvalue weighted by Gasteiger charge is 2.30. The van der Waals surface area contributed by atoms with Crippen LogP contribution in [0, 0.1) is 10.1 Å². The molecule has 3 rings (SSSR count). The zero-order chi connectivity index (χ0) is 17.8. The first-order valence-corrected chi connectivity index (χ1v) is 7.92. The number of carbonyl (C=O) groups excluding carboxylic acids is 1. The second-order valence-electron chi connectivity index (χ2n) is 5.73. The van der Waals surface area contributed by atoms with E-state index in [4.69, 9.17) is 9.47 Å². The minimum Gasteiger partial charge on any atom is -0.496 e. The maximum Gasteiger partial charge on any atom is 0.270 e. The standard InChI is InChI=1S/C18H18N2O5/c1-24-17-8-7-13(20(22)23)11-16(17)18(21)19-10-9-15(12-19)25-14-5-3-2-4-6-14/h2-8,11,15H,9-10,12H2,1H3. The molecule has 1 heterocycles. The van der Waals surface area contributed by atoms with Crippen LogP contribution >= 0.6 is 0 Å². The van der Waals surface area contributed by atoms with Crippen LogP contribution in [-0.4, -0.2) is 42.0 Å². The fourth-order valence-corrected chi connectivity index (χ4v) is 2.85. The first-order valence-electron chi connectivity index (χ1n) is 7.92. The number of methoxy groups -OCH3 is 1. The number of ether oxygens (including phenoxy) is 2. The predicted molar refractivity (Wildman–Crippen MR) is 91.0 cm³/mol. The first-order chi connectivity index (χ1) is 12.1. The van der Waals surface area contributed by atoms with E-state index < -0.39 is 4.92 Å². The molecule has 7 nitrogen and oxygen atoms in total. The number of rotatable bonds is 5. The van der Waals surface area contributed by atoms with Crippen LogP contribution in [-0.2, 0) is 0 Å². The number of non-ortho nitro benzene ring substituents is 1. The smallest absolute Gasteiger partial charge is 0.270 e. The molecule has 0 radical (unpaired) electrons. The quantitative estimate of drug-likeness (QED) is 0.616. The summed E-state index contributed by atoms with van der Waals surface area (Å²) < 4.78 is 11.1. The number of likely N-dealkylation sites (tertiary alicyclic amines) is 1. The van der Waals surface area contributed by atoms with E-state index in [0.717, 1.165) is 5.75 Å². The molecule has 2 aromatic carbocycles. The third-order valence-electron chi connectivity index (χ3n) is 4.10. The molecule has 7 heteroatoms. The lowest BCUT2D eigenvalue weighted by Gasteiger charge is -2.18. The Morgan fingerprint density at radius 3 is 2.68 bits per heavy atom. The number of hydrogen-bond donors (Lipinski definition) is 0. The Balaban J connectivity index is 1.73. The molecule has 0 aliphatic carbocycles. The lowest BCUT2D eigenvalue weighted by atomic mass is 10.1. The van der Waals surface area contributed by atoms with Gasteiger partial charge in [-0.2, -0.15) is 0 Å². The minimum absolute atomic E-state index is 0.101. The second kappa shape index (κ2) is 7.21. The van der Waals surface area contributed by atoms with Gasteiger partial charge in [-0.05, 0) is 18.2 Å². The first kappa shape index (κ1) is 16.8. The third-order valence-corrected chi connectivity index (χ3v) is 4.10. The fraction of sp³-hybridized carbons (Fsp3) is 0.278. The van der Waals surface area contributed by atoms with Crippen LogP contribution in [0.5, 0.6) is 11.5 Å². The van der Waals surface area contributed by atoms with E-state index in [1.165, 1.54) is 25.3 Å². The van der Waals surface area contributed by atoms with Gasteiger partial charge in [-0.3, -0.25) is 14.9 Å². The summed E-state index contributed by atoms with van der Waals surface area (Å²) in [7, 11) is 1.43. The highest BCUT2D eigenvalue weighted by atomic mass is 16.6. The van der Waals surface area contributed by atoms with Crippen molar-refractivity contribution in [3.63, 3.8) is 0 Å². The summed E-state index contributed by atoms with van der Waals surface area (Å²) in [4.78, 5) is 24.8. The van der Waals surface area contributed by atoms with E-state index in [1.807, 2.05) is 30.3 Å². The Labute approximate surface area is 144 Å². The third kappa shape index (κ3) is 3.71. The van der Waals surface area contributed by atoms with Gasteiger partial charge in [0.15, 0.2) is 0 Å². The van der Waals surface area contributed by atoms with Gasteiger partial charge < -0.3 is 14.4 Å². The number of benzene rings is 2. The van der Waals surface area contributed by atoms with Gasteiger partial charge >= 0.3 is 0 Å². The Morgan fingerprint density at radius 1 is 1.24 bits per heavy atom. The monoisotopic (exact) mass is 342 g/mol. The molecule has 0 spiro atoms. The number of amides is 1. The van der Waals surface area contributed by atoms with Gasteiger partial charge in [0.1, 0.15) is 17.6 Å². The van der Waals surface area contributed by atoms with E-state index >= 15 is 0 Å². The lowest BCUT2D eigenvalue weighted by molar-refractivity contribution is -0.384. The van der Waals surface area contributed by atoms with E-state index in [9.17, 15) is 14.9 Å². The number of nitro groups is 1. The number of hydrogen-bond acceptors (Lipinski definition) is 5. The minimum atomic E-state index is -0.526. The van der Waals surface area contributed by atoms with Gasteiger partial charge in [-0.25, -0.2) is 0 Å². The van der Waals surface area contributed by atoms with Crippen molar-refractivity contribution < 1.29 is 19.2 Å². The zero-order valence-electron chi connectivity index (χ0n) is 13.8. The van der Waals surface area contributed by atoms with Gasteiger partial charge in [-0.1, -0.05) is 18.2 Å². The summed E-state index contributed by atoms with van der Waals surface area (Å²) in [6.07, 6.45) is 0.605. The molecule has 1 amide bonds. The van der Waals surface area contributed by atoms with E-state index in [0.29, 0.717) is 25.3 Å². The van der Waals surface area contributed by atoms with Crippen molar-refractivity contribution in [2.75, 3.05) is 20.2 Å². The Bertz CT molecular complexity index is 778. The lowest BCUT2D eigenvalue weighted by Crippen LogP contribution is -2.31. The van der Waals surface area contributed by atoms with Crippen molar-refractivity contribution in [3.05, 3.63) is 64.2 Å². The molecule has 1 aliphatic rings. The maximum atomic E-state index is 12.8. The highest BCUT2D eigenvalue weighted by molar-refractivity contribution is 5.97. The molecule has 1 unspecified atom stereocenters. The van der Waals surface area contributed by atoms with Crippen molar-refractivity contribution in [2.45, 2.75) is 12.5 Å². The Morgan fingerprint density at radius 2 is 2.00 bits per heavy atom. The zero-order valence-corrected chi connectivity index (χ0v) is 13.8.